The molecule has 0 radical (unpaired) electrons. The number of carboxylic acids is 2. The van der Waals surface area contributed by atoms with Gasteiger partial charge in [0.2, 0.25) is 17.7 Å². The Morgan fingerprint density at radius 3 is 1.97 bits per heavy atom. The lowest BCUT2D eigenvalue weighted by Gasteiger charge is -2.24. The summed E-state index contributed by atoms with van der Waals surface area (Å²) in [5.41, 5.74) is 5.67. The van der Waals surface area contributed by atoms with Gasteiger partial charge in [0, 0.05) is 6.42 Å². The van der Waals surface area contributed by atoms with Crippen LogP contribution >= 0.6 is 11.8 Å². The molecule has 11 nitrogen and oxygen atoms in total. The number of carboxylic acid groups (broad SMARTS) is 2. The Morgan fingerprint density at radius 2 is 1.50 bits per heavy atom. The average Bonchev–Trinajstić information content (AvgIpc) is 2.65. The molecule has 0 spiro atoms. The third-order valence-electron chi connectivity index (χ3n) is 4.23. The molecule has 0 aliphatic carbocycles. The van der Waals surface area contributed by atoms with Crippen LogP contribution in [0.3, 0.4) is 0 Å². The highest BCUT2D eigenvalue weighted by atomic mass is 32.2. The van der Waals surface area contributed by atoms with Gasteiger partial charge in [-0.05, 0) is 37.7 Å². The minimum absolute atomic E-state index is 0.0807. The van der Waals surface area contributed by atoms with E-state index in [1.165, 1.54) is 18.7 Å². The molecule has 0 rings (SSSR count). The Balaban J connectivity index is 5.00. The molecule has 0 aromatic carbocycles. The minimum atomic E-state index is -1.18. The minimum Gasteiger partial charge on any atom is -0.481 e. The maximum atomic E-state index is 12.6. The molecule has 0 fully saturated rings. The molecule has 0 aromatic rings. The van der Waals surface area contributed by atoms with E-state index in [1.54, 1.807) is 13.8 Å². The van der Waals surface area contributed by atoms with Gasteiger partial charge in [0.05, 0.1) is 6.04 Å². The van der Waals surface area contributed by atoms with Gasteiger partial charge in [0.1, 0.15) is 18.1 Å². The summed E-state index contributed by atoms with van der Waals surface area (Å²) < 4.78 is 0. The molecule has 7 N–H and O–H groups in total. The van der Waals surface area contributed by atoms with Gasteiger partial charge >= 0.3 is 11.9 Å². The molecule has 0 heterocycles. The van der Waals surface area contributed by atoms with Gasteiger partial charge < -0.3 is 31.9 Å². The van der Waals surface area contributed by atoms with Crippen molar-refractivity contribution in [1.29, 1.82) is 0 Å². The van der Waals surface area contributed by atoms with E-state index >= 15 is 0 Å². The van der Waals surface area contributed by atoms with Crippen molar-refractivity contribution in [3.63, 3.8) is 0 Å². The van der Waals surface area contributed by atoms with Crippen LogP contribution in [-0.2, 0) is 24.0 Å². The maximum Gasteiger partial charge on any atom is 0.326 e. The molecule has 0 saturated carbocycles. The lowest BCUT2D eigenvalue weighted by molar-refractivity contribution is -0.143. The Labute approximate surface area is 179 Å². The fourth-order valence-corrected chi connectivity index (χ4v) is 2.84. The fraction of sp³-hybridized carbons (Fsp3) is 0.722. The van der Waals surface area contributed by atoms with Crippen molar-refractivity contribution in [2.75, 3.05) is 12.0 Å². The van der Waals surface area contributed by atoms with Gasteiger partial charge in [0.15, 0.2) is 0 Å². The largest absolute Gasteiger partial charge is 0.481 e. The van der Waals surface area contributed by atoms with Gasteiger partial charge in [-0.3, -0.25) is 19.2 Å². The quantitative estimate of drug-likeness (QED) is 0.197. The number of hydrogen-bond acceptors (Lipinski definition) is 7. The first-order valence-corrected chi connectivity index (χ1v) is 10.9. The van der Waals surface area contributed by atoms with Crippen molar-refractivity contribution in [2.24, 2.45) is 11.7 Å². The van der Waals surface area contributed by atoms with Crippen LogP contribution in [0.2, 0.25) is 0 Å². The summed E-state index contributed by atoms with van der Waals surface area (Å²) in [6.45, 7) is 4.69. The Hall–Kier alpha value is -2.34. The predicted molar refractivity (Wildman–Crippen MR) is 112 cm³/mol. The molecule has 0 bridgehead atoms. The summed E-state index contributed by atoms with van der Waals surface area (Å²) in [6, 6.07) is -4.20. The molecule has 3 amide bonds. The number of thioether (sulfide) groups is 1. The lowest BCUT2D eigenvalue weighted by Crippen LogP contribution is -2.57. The third-order valence-corrected chi connectivity index (χ3v) is 4.88. The van der Waals surface area contributed by atoms with E-state index in [0.29, 0.717) is 5.75 Å². The Bertz CT molecular complexity index is 630. The number of hydrogen-bond donors (Lipinski definition) is 6. The number of nitrogens with two attached hydrogens (primary N) is 1. The second-order valence-corrected chi connectivity index (χ2v) is 8.17. The summed E-state index contributed by atoms with van der Waals surface area (Å²) in [6.07, 6.45) is 1.72. The van der Waals surface area contributed by atoms with Crippen LogP contribution in [0.25, 0.3) is 0 Å². The van der Waals surface area contributed by atoms with E-state index < -0.39 is 53.8 Å². The maximum absolute atomic E-state index is 12.6. The van der Waals surface area contributed by atoms with Crippen molar-refractivity contribution in [2.45, 2.75) is 64.2 Å². The molecule has 12 heteroatoms. The van der Waals surface area contributed by atoms with Crippen molar-refractivity contribution < 1.29 is 34.2 Å². The van der Waals surface area contributed by atoms with Crippen molar-refractivity contribution in [1.82, 2.24) is 16.0 Å². The van der Waals surface area contributed by atoms with E-state index in [0.717, 1.165) is 0 Å². The fourth-order valence-electron chi connectivity index (χ4n) is 2.36. The van der Waals surface area contributed by atoms with Gasteiger partial charge in [-0.2, -0.15) is 11.8 Å². The first-order valence-electron chi connectivity index (χ1n) is 9.50. The Morgan fingerprint density at radius 1 is 0.900 bits per heavy atom. The number of carbonyl (C=O) groups excluding carboxylic acids is 3. The molecule has 0 aromatic heterocycles. The molecular weight excluding hydrogens is 416 g/mol. The number of nitrogens with one attached hydrogen (secondary N) is 3. The summed E-state index contributed by atoms with van der Waals surface area (Å²) in [5.74, 6) is -4.04. The van der Waals surface area contributed by atoms with Gasteiger partial charge in [-0.15, -0.1) is 0 Å². The number of amides is 3. The monoisotopic (exact) mass is 448 g/mol. The third kappa shape index (κ3) is 10.4. The van der Waals surface area contributed by atoms with Crippen molar-refractivity contribution in [3.05, 3.63) is 0 Å². The lowest BCUT2D eigenvalue weighted by atomic mass is 10.0. The summed E-state index contributed by atoms with van der Waals surface area (Å²) >= 11 is 1.45. The topological polar surface area (TPSA) is 188 Å². The zero-order valence-electron chi connectivity index (χ0n) is 17.6. The molecule has 0 aliphatic heterocycles. The summed E-state index contributed by atoms with van der Waals surface area (Å²) in [5, 5.41) is 25.2. The van der Waals surface area contributed by atoms with Crippen LogP contribution in [0.1, 0.15) is 40.0 Å². The van der Waals surface area contributed by atoms with Crippen LogP contribution in [0.5, 0.6) is 0 Å². The van der Waals surface area contributed by atoms with Crippen LogP contribution in [0, 0.1) is 5.92 Å². The van der Waals surface area contributed by atoms with Crippen LogP contribution in [0.15, 0.2) is 0 Å². The standard InChI is InChI=1S/C18H32N4O7S/c1-9(2)14(18(28)29)22-15(25)10(3)20-17(27)12(7-8-30-4)21-16(26)11(19)5-6-13(23)24/h9-12,14H,5-8,19H2,1-4H3,(H,20,27)(H,21,26)(H,22,25)(H,23,24)(H,28,29). The number of aliphatic carboxylic acids is 2. The number of rotatable bonds is 14. The van der Waals surface area contributed by atoms with Crippen LogP contribution in [0.4, 0.5) is 0 Å². The summed E-state index contributed by atoms with van der Waals surface area (Å²) in [7, 11) is 0. The predicted octanol–water partition coefficient (Wildman–Crippen LogP) is -0.853. The van der Waals surface area contributed by atoms with Crippen LogP contribution < -0.4 is 21.7 Å². The van der Waals surface area contributed by atoms with E-state index in [1.807, 2.05) is 6.26 Å². The highest BCUT2D eigenvalue weighted by Gasteiger charge is 2.29. The molecule has 4 atom stereocenters. The highest BCUT2D eigenvalue weighted by Crippen LogP contribution is 2.05. The Kier molecular flexibility index (Phi) is 12.7. The second-order valence-electron chi connectivity index (χ2n) is 7.18. The zero-order chi connectivity index (χ0) is 23.4. The van der Waals surface area contributed by atoms with Gasteiger partial charge in [0.25, 0.3) is 0 Å². The zero-order valence-corrected chi connectivity index (χ0v) is 18.5. The van der Waals surface area contributed by atoms with E-state index in [-0.39, 0.29) is 25.2 Å². The normalized spacial score (nSPS) is 14.9. The van der Waals surface area contributed by atoms with Crippen molar-refractivity contribution >= 4 is 41.4 Å². The van der Waals surface area contributed by atoms with E-state index in [4.69, 9.17) is 10.8 Å². The smallest absolute Gasteiger partial charge is 0.326 e. The molecule has 4 unspecified atom stereocenters. The van der Waals surface area contributed by atoms with E-state index in [9.17, 15) is 29.1 Å². The van der Waals surface area contributed by atoms with Gasteiger partial charge in [-0.25, -0.2) is 4.79 Å². The SMILES string of the molecule is CSCCC(NC(=O)C(N)CCC(=O)O)C(=O)NC(C)C(=O)NC(C(=O)O)C(C)C. The molecular formula is C18H32N4O7S. The summed E-state index contributed by atoms with van der Waals surface area (Å²) in [4.78, 5) is 58.9. The molecule has 0 saturated heterocycles. The van der Waals surface area contributed by atoms with Crippen LogP contribution in [-0.4, -0.2) is 76.0 Å². The first-order chi connectivity index (χ1) is 13.9. The number of carbonyl (C=O) groups is 5. The second kappa shape index (κ2) is 13.8. The molecule has 0 aliphatic rings. The van der Waals surface area contributed by atoms with Gasteiger partial charge in [-0.1, -0.05) is 13.8 Å². The van der Waals surface area contributed by atoms with E-state index in [2.05, 4.69) is 16.0 Å². The highest BCUT2D eigenvalue weighted by molar-refractivity contribution is 7.98. The first kappa shape index (κ1) is 27.7. The van der Waals surface area contributed by atoms with Crippen molar-refractivity contribution in [3.8, 4) is 0 Å². The molecule has 30 heavy (non-hydrogen) atoms. The average molecular weight is 449 g/mol. The molecule has 172 valence electrons.